The van der Waals surface area contributed by atoms with Gasteiger partial charge >= 0.3 is 0 Å². The quantitative estimate of drug-likeness (QED) is 0.831. The van der Waals surface area contributed by atoms with Crippen LogP contribution in [0.5, 0.6) is 11.6 Å². The second kappa shape index (κ2) is 7.63. The third kappa shape index (κ3) is 4.69. The van der Waals surface area contributed by atoms with Crippen molar-refractivity contribution >= 4 is 10.0 Å². The van der Waals surface area contributed by atoms with Gasteiger partial charge in [0.2, 0.25) is 15.9 Å². The fourth-order valence-electron chi connectivity index (χ4n) is 2.11. The zero-order valence-electron chi connectivity index (χ0n) is 14.2. The molecule has 0 saturated carbocycles. The van der Waals surface area contributed by atoms with E-state index in [1.54, 1.807) is 36.5 Å². The van der Waals surface area contributed by atoms with Gasteiger partial charge in [0.25, 0.3) is 0 Å². The average Bonchev–Trinajstić information content (AvgIpc) is 2.54. The molecule has 0 aliphatic heterocycles. The molecule has 0 amide bonds. The number of nitrogens with one attached hydrogen (secondary N) is 1. The summed E-state index contributed by atoms with van der Waals surface area (Å²) in [6, 6.07) is 8.25. The van der Waals surface area contributed by atoms with E-state index in [1.807, 2.05) is 20.8 Å². The first-order valence-corrected chi connectivity index (χ1v) is 9.06. The van der Waals surface area contributed by atoms with E-state index in [2.05, 4.69) is 9.71 Å². The van der Waals surface area contributed by atoms with Gasteiger partial charge in [-0.2, -0.15) is 0 Å². The summed E-state index contributed by atoms with van der Waals surface area (Å²) >= 11 is 0. The third-order valence-electron chi connectivity index (χ3n) is 3.29. The van der Waals surface area contributed by atoms with Gasteiger partial charge in [-0.1, -0.05) is 0 Å². The van der Waals surface area contributed by atoms with E-state index in [0.29, 0.717) is 11.6 Å². The second-order valence-corrected chi connectivity index (χ2v) is 7.39. The van der Waals surface area contributed by atoms with Crippen molar-refractivity contribution in [2.24, 2.45) is 0 Å². The smallest absolute Gasteiger partial charge is 0.240 e. The van der Waals surface area contributed by atoms with Crippen LogP contribution < -0.4 is 14.2 Å². The summed E-state index contributed by atoms with van der Waals surface area (Å²) in [5, 5.41) is 0. The lowest BCUT2D eigenvalue weighted by molar-refractivity contribution is 0.240. The summed E-state index contributed by atoms with van der Waals surface area (Å²) in [5.41, 5.74) is 1.54. The van der Waals surface area contributed by atoms with E-state index < -0.39 is 10.0 Å². The normalized spacial score (nSPS) is 11.5. The lowest BCUT2D eigenvalue weighted by Crippen LogP contribution is -2.23. The van der Waals surface area contributed by atoms with Crippen molar-refractivity contribution in [3.63, 3.8) is 0 Å². The lowest BCUT2D eigenvalue weighted by Gasteiger charge is -2.14. The maximum atomic E-state index is 12.4. The van der Waals surface area contributed by atoms with Crippen LogP contribution in [-0.2, 0) is 16.6 Å². The summed E-state index contributed by atoms with van der Waals surface area (Å²) in [6.07, 6.45) is 1.61. The molecule has 6 nitrogen and oxygen atoms in total. The van der Waals surface area contributed by atoms with Crippen LogP contribution in [0.25, 0.3) is 0 Å². The summed E-state index contributed by atoms with van der Waals surface area (Å²) < 4.78 is 38.1. The Morgan fingerprint density at radius 3 is 2.58 bits per heavy atom. The van der Waals surface area contributed by atoms with E-state index in [-0.39, 0.29) is 17.5 Å². The van der Waals surface area contributed by atoms with Gasteiger partial charge in [0.1, 0.15) is 5.75 Å². The Kier molecular flexibility index (Phi) is 5.80. The van der Waals surface area contributed by atoms with Gasteiger partial charge < -0.3 is 9.47 Å². The predicted molar refractivity (Wildman–Crippen MR) is 91.8 cm³/mol. The van der Waals surface area contributed by atoms with Gasteiger partial charge in [-0.05, 0) is 56.2 Å². The summed E-state index contributed by atoms with van der Waals surface area (Å²) in [7, 11) is -2.10. The summed E-state index contributed by atoms with van der Waals surface area (Å²) in [5.74, 6) is 1.13. The molecule has 0 aliphatic rings. The van der Waals surface area contributed by atoms with Crippen molar-refractivity contribution in [3.05, 3.63) is 47.7 Å². The molecule has 0 radical (unpaired) electrons. The molecular formula is C17H22N2O4S. The minimum absolute atomic E-state index is 0.0333. The van der Waals surface area contributed by atoms with Crippen LogP contribution in [-0.4, -0.2) is 26.6 Å². The zero-order valence-corrected chi connectivity index (χ0v) is 15.1. The predicted octanol–water partition coefficient (Wildman–Crippen LogP) is 2.66. The number of hydrogen-bond donors (Lipinski definition) is 1. The molecule has 1 aromatic carbocycles. The van der Waals surface area contributed by atoms with Crippen LogP contribution in [0.2, 0.25) is 0 Å². The second-order valence-electron chi connectivity index (χ2n) is 5.62. The molecule has 0 atom stereocenters. The topological polar surface area (TPSA) is 77.5 Å². The van der Waals surface area contributed by atoms with Crippen molar-refractivity contribution in [2.75, 3.05) is 7.11 Å². The highest BCUT2D eigenvalue weighted by Gasteiger charge is 2.16. The monoisotopic (exact) mass is 350 g/mol. The average molecular weight is 350 g/mol. The van der Waals surface area contributed by atoms with Crippen LogP contribution in [0.1, 0.15) is 25.0 Å². The fraction of sp³-hybridized carbons (Fsp3) is 0.353. The summed E-state index contributed by atoms with van der Waals surface area (Å²) in [4.78, 5) is 4.20. The largest absolute Gasteiger partial charge is 0.491 e. The number of sulfonamides is 1. The highest BCUT2D eigenvalue weighted by molar-refractivity contribution is 7.89. The highest BCUT2D eigenvalue weighted by Crippen LogP contribution is 2.23. The maximum Gasteiger partial charge on any atom is 0.240 e. The number of methoxy groups -OCH3 is 1. The zero-order chi connectivity index (χ0) is 17.7. The minimum atomic E-state index is -3.61. The van der Waals surface area contributed by atoms with Crippen LogP contribution >= 0.6 is 0 Å². The van der Waals surface area contributed by atoms with Crippen molar-refractivity contribution < 1.29 is 17.9 Å². The van der Waals surface area contributed by atoms with E-state index in [9.17, 15) is 8.42 Å². The van der Waals surface area contributed by atoms with Crippen LogP contribution in [0.15, 0.2) is 41.4 Å². The third-order valence-corrected chi connectivity index (χ3v) is 4.69. The van der Waals surface area contributed by atoms with Crippen molar-refractivity contribution in [2.45, 2.75) is 38.3 Å². The minimum Gasteiger partial charge on any atom is -0.491 e. The number of nitrogens with zero attached hydrogens (tertiary/aromatic N) is 1. The number of aromatic nitrogens is 1. The number of aryl methyl sites for hydroxylation is 1. The Labute approximate surface area is 142 Å². The number of rotatable bonds is 7. The number of hydrogen-bond acceptors (Lipinski definition) is 5. The Bertz CT molecular complexity index is 804. The first-order valence-electron chi connectivity index (χ1n) is 7.57. The SMILES string of the molecule is COc1cc(CNS(=O)(=O)c2ccc(OC(C)C)c(C)c2)ccn1. The standard InChI is InChI=1S/C17H22N2O4S/c1-12(2)23-16-6-5-15(9-13(16)3)24(20,21)19-11-14-7-8-18-17(10-14)22-4/h5-10,12,19H,11H2,1-4H3. The maximum absolute atomic E-state index is 12.4. The number of benzene rings is 1. The first-order chi connectivity index (χ1) is 11.3. The van der Waals surface area contributed by atoms with E-state index in [0.717, 1.165) is 11.1 Å². The Balaban J connectivity index is 2.13. The van der Waals surface area contributed by atoms with Gasteiger partial charge in [0.15, 0.2) is 0 Å². The molecule has 0 unspecified atom stereocenters. The molecule has 0 bridgehead atoms. The molecule has 2 rings (SSSR count). The fourth-order valence-corrected chi connectivity index (χ4v) is 3.21. The van der Waals surface area contributed by atoms with Gasteiger partial charge in [-0.25, -0.2) is 18.1 Å². The molecule has 130 valence electrons. The van der Waals surface area contributed by atoms with Crippen LogP contribution in [0, 0.1) is 6.92 Å². The van der Waals surface area contributed by atoms with E-state index in [4.69, 9.17) is 9.47 Å². The molecule has 0 aliphatic carbocycles. The molecule has 24 heavy (non-hydrogen) atoms. The van der Waals surface area contributed by atoms with Crippen molar-refractivity contribution in [1.29, 1.82) is 0 Å². The van der Waals surface area contributed by atoms with Gasteiger partial charge in [-0.15, -0.1) is 0 Å². The van der Waals surface area contributed by atoms with Crippen molar-refractivity contribution in [1.82, 2.24) is 9.71 Å². The van der Waals surface area contributed by atoms with Gasteiger partial charge in [0.05, 0.1) is 18.1 Å². The molecule has 0 saturated heterocycles. The summed E-state index contributed by atoms with van der Waals surface area (Å²) in [6.45, 7) is 5.83. The molecule has 1 aromatic heterocycles. The Morgan fingerprint density at radius 1 is 1.21 bits per heavy atom. The van der Waals surface area contributed by atoms with Crippen molar-refractivity contribution in [3.8, 4) is 11.6 Å². The molecule has 7 heteroatoms. The molecule has 1 heterocycles. The highest BCUT2D eigenvalue weighted by atomic mass is 32.2. The van der Waals surface area contributed by atoms with Crippen LogP contribution in [0.4, 0.5) is 0 Å². The Hall–Kier alpha value is -2.12. The molecule has 0 fully saturated rings. The molecule has 2 aromatic rings. The number of ether oxygens (including phenoxy) is 2. The first kappa shape index (κ1) is 18.2. The van der Waals surface area contributed by atoms with Gasteiger partial charge in [0, 0.05) is 18.8 Å². The van der Waals surface area contributed by atoms with E-state index in [1.165, 1.54) is 7.11 Å². The van der Waals surface area contributed by atoms with Crippen LogP contribution in [0.3, 0.4) is 0 Å². The molecular weight excluding hydrogens is 328 g/mol. The molecule has 0 spiro atoms. The van der Waals surface area contributed by atoms with Gasteiger partial charge in [-0.3, -0.25) is 0 Å². The Morgan fingerprint density at radius 2 is 1.96 bits per heavy atom. The van der Waals surface area contributed by atoms with E-state index >= 15 is 0 Å². The number of pyridine rings is 1. The lowest BCUT2D eigenvalue weighted by atomic mass is 10.2. The molecule has 1 N–H and O–H groups in total.